The molecule has 0 aromatic heterocycles. The quantitative estimate of drug-likeness (QED) is 0.861. The van der Waals surface area contributed by atoms with Gasteiger partial charge in [0.25, 0.3) is 0 Å². The van der Waals surface area contributed by atoms with E-state index in [1.807, 2.05) is 27.7 Å². The minimum Gasteiger partial charge on any atom is -0.444 e. The number of carbonyl (C=O) groups excluding carboxylic acids is 1. The largest absolute Gasteiger partial charge is 0.444 e. The van der Waals surface area contributed by atoms with Crippen molar-refractivity contribution < 1.29 is 9.53 Å². The number of halogens is 1. The molecular formula is C13H19ClN2O2. The highest BCUT2D eigenvalue weighted by Gasteiger charge is 2.16. The van der Waals surface area contributed by atoms with Gasteiger partial charge in [-0.1, -0.05) is 11.6 Å². The fraction of sp³-hybridized carbons (Fsp3) is 0.462. The summed E-state index contributed by atoms with van der Waals surface area (Å²) in [5, 5.41) is 3.23. The first-order valence-electron chi connectivity index (χ1n) is 5.74. The van der Waals surface area contributed by atoms with E-state index in [-0.39, 0.29) is 6.04 Å². The molecule has 5 heteroatoms. The molecule has 100 valence electrons. The first-order valence-corrected chi connectivity index (χ1v) is 6.12. The number of benzene rings is 1. The molecule has 4 nitrogen and oxygen atoms in total. The van der Waals surface area contributed by atoms with Crippen LogP contribution < -0.4 is 11.1 Å². The molecule has 0 aliphatic heterocycles. The average molecular weight is 271 g/mol. The van der Waals surface area contributed by atoms with E-state index in [1.54, 1.807) is 18.2 Å². The molecule has 0 aliphatic rings. The molecule has 1 aromatic rings. The Kier molecular flexibility index (Phi) is 4.59. The molecule has 0 bridgehead atoms. The molecule has 18 heavy (non-hydrogen) atoms. The second kappa shape index (κ2) is 5.59. The number of ether oxygens (including phenoxy) is 1. The van der Waals surface area contributed by atoms with E-state index < -0.39 is 11.7 Å². The highest BCUT2D eigenvalue weighted by atomic mass is 35.5. The predicted molar refractivity (Wildman–Crippen MR) is 73.9 cm³/mol. The maximum absolute atomic E-state index is 11.6. The van der Waals surface area contributed by atoms with Crippen molar-refractivity contribution in [1.29, 1.82) is 0 Å². The highest BCUT2D eigenvalue weighted by molar-refractivity contribution is 6.31. The third-order valence-corrected chi connectivity index (χ3v) is 2.48. The Hall–Kier alpha value is -1.26. The first-order chi connectivity index (χ1) is 8.19. The smallest absolute Gasteiger partial charge is 0.412 e. The van der Waals surface area contributed by atoms with E-state index in [1.165, 1.54) is 0 Å². The maximum atomic E-state index is 11.6. The number of hydrogen-bond acceptors (Lipinski definition) is 3. The standard InChI is InChI=1S/C13H19ClN2O2/c1-8(15)10-7-9(5-6-11(10)14)16-12(17)18-13(2,3)4/h5-8H,15H2,1-4H3,(H,16,17)/t8-/m1/s1. The molecule has 3 N–H and O–H groups in total. The maximum Gasteiger partial charge on any atom is 0.412 e. The van der Waals surface area contributed by atoms with Crippen LogP contribution in [0, 0.1) is 0 Å². The van der Waals surface area contributed by atoms with E-state index in [0.717, 1.165) is 5.56 Å². The van der Waals surface area contributed by atoms with E-state index in [4.69, 9.17) is 22.1 Å². The van der Waals surface area contributed by atoms with Crippen molar-refractivity contribution in [3.05, 3.63) is 28.8 Å². The summed E-state index contributed by atoms with van der Waals surface area (Å²) in [6, 6.07) is 4.96. The molecule has 0 heterocycles. The van der Waals surface area contributed by atoms with Crippen LogP contribution in [-0.2, 0) is 4.74 Å². The van der Waals surface area contributed by atoms with Gasteiger partial charge in [0.05, 0.1) is 0 Å². The van der Waals surface area contributed by atoms with Crippen LogP contribution in [0.5, 0.6) is 0 Å². The lowest BCUT2D eigenvalue weighted by molar-refractivity contribution is 0.0636. The number of rotatable bonds is 2. The number of hydrogen-bond donors (Lipinski definition) is 2. The summed E-state index contributed by atoms with van der Waals surface area (Å²) in [5.41, 5.74) is 6.65. The van der Waals surface area contributed by atoms with Gasteiger partial charge in [0, 0.05) is 16.8 Å². The van der Waals surface area contributed by atoms with Gasteiger partial charge in [-0.25, -0.2) is 4.79 Å². The van der Waals surface area contributed by atoms with Gasteiger partial charge in [0.2, 0.25) is 0 Å². The van der Waals surface area contributed by atoms with Crippen molar-refractivity contribution in [3.8, 4) is 0 Å². The van der Waals surface area contributed by atoms with E-state index >= 15 is 0 Å². The molecule has 0 saturated heterocycles. The van der Waals surface area contributed by atoms with Gasteiger partial charge in [-0.15, -0.1) is 0 Å². The number of nitrogens with two attached hydrogens (primary N) is 1. The van der Waals surface area contributed by atoms with E-state index in [2.05, 4.69) is 5.32 Å². The van der Waals surface area contributed by atoms with Crippen LogP contribution in [0.2, 0.25) is 5.02 Å². The minimum absolute atomic E-state index is 0.196. The van der Waals surface area contributed by atoms with Crippen molar-refractivity contribution in [2.45, 2.75) is 39.3 Å². The number of anilines is 1. The number of carbonyl (C=O) groups is 1. The summed E-state index contributed by atoms with van der Waals surface area (Å²) >= 11 is 6.01. The zero-order valence-electron chi connectivity index (χ0n) is 11.1. The van der Waals surface area contributed by atoms with Crippen LogP contribution in [0.4, 0.5) is 10.5 Å². The highest BCUT2D eigenvalue weighted by Crippen LogP contribution is 2.25. The molecule has 0 spiro atoms. The van der Waals surface area contributed by atoms with Crippen molar-refractivity contribution >= 4 is 23.4 Å². The lowest BCUT2D eigenvalue weighted by Gasteiger charge is -2.20. The van der Waals surface area contributed by atoms with Gasteiger partial charge in [-0.05, 0) is 51.5 Å². The lowest BCUT2D eigenvalue weighted by Crippen LogP contribution is -2.27. The van der Waals surface area contributed by atoms with Gasteiger partial charge in [-0.2, -0.15) is 0 Å². The first kappa shape index (κ1) is 14.8. The average Bonchev–Trinajstić information content (AvgIpc) is 2.17. The van der Waals surface area contributed by atoms with Gasteiger partial charge in [-0.3, -0.25) is 5.32 Å². The Morgan fingerprint density at radius 1 is 1.44 bits per heavy atom. The second-order valence-corrected chi connectivity index (χ2v) is 5.56. The third-order valence-electron chi connectivity index (χ3n) is 2.13. The summed E-state index contributed by atoms with van der Waals surface area (Å²) < 4.78 is 5.16. The van der Waals surface area contributed by atoms with Crippen LogP contribution in [-0.4, -0.2) is 11.7 Å². The summed E-state index contributed by atoms with van der Waals surface area (Å²) in [5.74, 6) is 0. The summed E-state index contributed by atoms with van der Waals surface area (Å²) in [6.45, 7) is 7.25. The third kappa shape index (κ3) is 4.55. The zero-order valence-corrected chi connectivity index (χ0v) is 11.8. The normalized spacial score (nSPS) is 13.0. The molecule has 1 rings (SSSR count). The molecular weight excluding hydrogens is 252 g/mol. The molecule has 0 unspecified atom stereocenters. The Bertz CT molecular complexity index is 439. The predicted octanol–water partition coefficient (Wildman–Crippen LogP) is 3.71. The van der Waals surface area contributed by atoms with Crippen molar-refractivity contribution in [3.63, 3.8) is 0 Å². The lowest BCUT2D eigenvalue weighted by atomic mass is 10.1. The van der Waals surface area contributed by atoms with Gasteiger partial charge < -0.3 is 10.5 Å². The Morgan fingerprint density at radius 3 is 2.56 bits per heavy atom. The van der Waals surface area contributed by atoms with Crippen LogP contribution in [0.1, 0.15) is 39.3 Å². The van der Waals surface area contributed by atoms with Crippen LogP contribution in [0.3, 0.4) is 0 Å². The van der Waals surface area contributed by atoms with E-state index in [0.29, 0.717) is 10.7 Å². The van der Waals surface area contributed by atoms with Gasteiger partial charge >= 0.3 is 6.09 Å². The fourth-order valence-electron chi connectivity index (χ4n) is 1.39. The molecule has 1 aromatic carbocycles. The van der Waals surface area contributed by atoms with Crippen molar-refractivity contribution in [2.24, 2.45) is 5.73 Å². The zero-order chi connectivity index (χ0) is 13.9. The van der Waals surface area contributed by atoms with E-state index in [9.17, 15) is 4.79 Å². The Morgan fingerprint density at radius 2 is 2.06 bits per heavy atom. The Balaban J connectivity index is 2.80. The topological polar surface area (TPSA) is 64.3 Å². The molecule has 0 fully saturated rings. The molecule has 1 atom stereocenters. The van der Waals surface area contributed by atoms with Crippen molar-refractivity contribution in [1.82, 2.24) is 0 Å². The molecule has 1 amide bonds. The second-order valence-electron chi connectivity index (χ2n) is 5.15. The summed E-state index contributed by atoms with van der Waals surface area (Å²) in [4.78, 5) is 11.6. The SMILES string of the molecule is C[C@@H](N)c1cc(NC(=O)OC(C)(C)C)ccc1Cl. The summed E-state index contributed by atoms with van der Waals surface area (Å²) in [6.07, 6.45) is -0.500. The monoisotopic (exact) mass is 270 g/mol. The van der Waals surface area contributed by atoms with Crippen LogP contribution in [0.25, 0.3) is 0 Å². The molecule has 0 saturated carbocycles. The van der Waals surface area contributed by atoms with Gasteiger partial charge in [0.15, 0.2) is 0 Å². The van der Waals surface area contributed by atoms with Gasteiger partial charge in [0.1, 0.15) is 5.60 Å². The Labute approximate surface area is 112 Å². The van der Waals surface area contributed by atoms with Crippen LogP contribution >= 0.6 is 11.6 Å². The fourth-order valence-corrected chi connectivity index (χ4v) is 1.68. The number of nitrogens with one attached hydrogen (secondary N) is 1. The number of amides is 1. The summed E-state index contributed by atoms with van der Waals surface area (Å²) in [7, 11) is 0. The van der Waals surface area contributed by atoms with Crippen LogP contribution in [0.15, 0.2) is 18.2 Å². The minimum atomic E-state index is -0.527. The van der Waals surface area contributed by atoms with Crippen molar-refractivity contribution in [2.75, 3.05) is 5.32 Å². The molecule has 0 radical (unpaired) electrons. The molecule has 0 aliphatic carbocycles.